The van der Waals surface area contributed by atoms with Gasteiger partial charge in [-0.15, -0.1) is 0 Å². The molecule has 0 aromatic rings. The van der Waals surface area contributed by atoms with Crippen molar-refractivity contribution in [2.24, 2.45) is 17.1 Å². The lowest BCUT2D eigenvalue weighted by atomic mass is 9.80. The first-order valence-electron chi connectivity index (χ1n) is 7.85. The van der Waals surface area contributed by atoms with Gasteiger partial charge < -0.3 is 10.5 Å². The van der Waals surface area contributed by atoms with Gasteiger partial charge in [0, 0.05) is 31.2 Å². The molecule has 3 rings (SSSR count). The summed E-state index contributed by atoms with van der Waals surface area (Å²) in [6, 6.07) is 0.865. The third-order valence-corrected chi connectivity index (χ3v) is 5.48. The van der Waals surface area contributed by atoms with Crippen LogP contribution in [0.15, 0.2) is 0 Å². The van der Waals surface area contributed by atoms with Crippen LogP contribution in [0.2, 0.25) is 0 Å². The topological polar surface area (TPSA) is 38.5 Å². The van der Waals surface area contributed by atoms with Gasteiger partial charge in [-0.1, -0.05) is 6.42 Å². The lowest BCUT2D eigenvalue weighted by Crippen LogP contribution is -2.53. The molecule has 0 aromatic carbocycles. The van der Waals surface area contributed by atoms with E-state index in [1.165, 1.54) is 58.0 Å². The minimum absolute atomic E-state index is 0.253. The summed E-state index contributed by atoms with van der Waals surface area (Å²) in [6.45, 7) is 5.10. The number of nitrogens with zero attached hydrogens (tertiary/aromatic N) is 1. The van der Waals surface area contributed by atoms with Crippen molar-refractivity contribution in [3.05, 3.63) is 0 Å². The smallest absolute Gasteiger partial charge is 0.0546 e. The molecule has 2 heterocycles. The first kappa shape index (κ1) is 12.9. The number of likely N-dealkylation sites (tertiary alicyclic amines) is 1. The molecule has 18 heavy (non-hydrogen) atoms. The Labute approximate surface area is 111 Å². The van der Waals surface area contributed by atoms with E-state index >= 15 is 0 Å². The van der Waals surface area contributed by atoms with Crippen LogP contribution in [0.5, 0.6) is 0 Å². The van der Waals surface area contributed by atoms with Crippen molar-refractivity contribution >= 4 is 0 Å². The molecule has 3 atom stereocenters. The Morgan fingerprint density at radius 1 is 1.17 bits per heavy atom. The number of hydrogen-bond acceptors (Lipinski definition) is 3. The van der Waals surface area contributed by atoms with E-state index in [4.69, 9.17) is 10.5 Å². The predicted octanol–water partition coefficient (Wildman–Crippen LogP) is 2.01. The summed E-state index contributed by atoms with van der Waals surface area (Å²) in [5.74, 6) is 0.984. The molecule has 3 fully saturated rings. The second-order valence-electron chi connectivity index (χ2n) is 6.73. The van der Waals surface area contributed by atoms with Crippen LogP contribution in [0.25, 0.3) is 0 Å². The quantitative estimate of drug-likeness (QED) is 0.835. The molecule has 0 aromatic heterocycles. The van der Waals surface area contributed by atoms with Crippen LogP contribution >= 0.6 is 0 Å². The molecule has 0 bridgehead atoms. The van der Waals surface area contributed by atoms with Gasteiger partial charge >= 0.3 is 0 Å². The predicted molar refractivity (Wildman–Crippen MR) is 73.5 cm³/mol. The van der Waals surface area contributed by atoms with Crippen LogP contribution in [0.1, 0.15) is 44.9 Å². The van der Waals surface area contributed by atoms with E-state index in [2.05, 4.69) is 4.90 Å². The fourth-order valence-corrected chi connectivity index (χ4v) is 4.44. The van der Waals surface area contributed by atoms with Gasteiger partial charge in [0.05, 0.1) is 6.61 Å². The summed E-state index contributed by atoms with van der Waals surface area (Å²) in [4.78, 5) is 2.77. The Morgan fingerprint density at radius 2 is 2.06 bits per heavy atom. The SMILES string of the molecule is NCC1(CN2CCCC3CCCC32)CCCOC1. The third-order valence-electron chi connectivity index (χ3n) is 5.48. The number of ether oxygens (including phenoxy) is 1. The molecular weight excluding hydrogens is 224 g/mol. The molecule has 104 valence electrons. The summed E-state index contributed by atoms with van der Waals surface area (Å²) in [5.41, 5.74) is 6.34. The van der Waals surface area contributed by atoms with Gasteiger partial charge in [0.1, 0.15) is 0 Å². The molecular formula is C15H28N2O. The van der Waals surface area contributed by atoms with Crippen molar-refractivity contribution < 1.29 is 4.74 Å². The maximum atomic E-state index is 6.09. The normalized spacial score (nSPS) is 41.8. The Morgan fingerprint density at radius 3 is 2.83 bits per heavy atom. The van der Waals surface area contributed by atoms with Gasteiger partial charge in [-0.05, 0) is 51.0 Å². The van der Waals surface area contributed by atoms with Crippen LogP contribution in [-0.4, -0.2) is 43.8 Å². The lowest BCUT2D eigenvalue weighted by Gasteiger charge is -2.45. The monoisotopic (exact) mass is 252 g/mol. The number of hydrogen-bond donors (Lipinski definition) is 1. The lowest BCUT2D eigenvalue weighted by molar-refractivity contribution is -0.0376. The minimum Gasteiger partial charge on any atom is -0.381 e. The summed E-state index contributed by atoms with van der Waals surface area (Å²) >= 11 is 0. The van der Waals surface area contributed by atoms with Crippen LogP contribution < -0.4 is 5.73 Å². The summed E-state index contributed by atoms with van der Waals surface area (Å²) in [7, 11) is 0. The van der Waals surface area contributed by atoms with E-state index in [0.29, 0.717) is 0 Å². The average molecular weight is 252 g/mol. The van der Waals surface area contributed by atoms with Crippen LogP contribution in [0.4, 0.5) is 0 Å². The molecule has 1 aliphatic carbocycles. The summed E-state index contributed by atoms with van der Waals surface area (Å²) < 4.78 is 5.72. The number of piperidine rings is 1. The zero-order valence-electron chi connectivity index (χ0n) is 11.6. The van der Waals surface area contributed by atoms with Gasteiger partial charge in [0.25, 0.3) is 0 Å². The number of rotatable bonds is 3. The van der Waals surface area contributed by atoms with Crippen molar-refractivity contribution in [2.75, 3.05) is 32.8 Å². The molecule has 1 saturated carbocycles. The third kappa shape index (κ3) is 2.45. The van der Waals surface area contributed by atoms with Crippen LogP contribution in [0, 0.1) is 11.3 Å². The van der Waals surface area contributed by atoms with E-state index in [9.17, 15) is 0 Å². The van der Waals surface area contributed by atoms with E-state index in [0.717, 1.165) is 31.7 Å². The second kappa shape index (κ2) is 5.48. The Hall–Kier alpha value is -0.120. The van der Waals surface area contributed by atoms with Gasteiger partial charge in [-0.3, -0.25) is 4.90 Å². The molecule has 2 N–H and O–H groups in total. The molecule has 0 radical (unpaired) electrons. The highest BCUT2D eigenvalue weighted by Gasteiger charge is 2.40. The molecule has 0 spiro atoms. The van der Waals surface area contributed by atoms with Gasteiger partial charge in [-0.25, -0.2) is 0 Å². The molecule has 3 aliphatic rings. The van der Waals surface area contributed by atoms with E-state index in [1.54, 1.807) is 0 Å². The highest BCUT2D eigenvalue weighted by Crippen LogP contribution is 2.39. The van der Waals surface area contributed by atoms with Crippen molar-refractivity contribution in [3.8, 4) is 0 Å². The van der Waals surface area contributed by atoms with Crippen molar-refractivity contribution in [2.45, 2.75) is 51.0 Å². The summed E-state index contributed by atoms with van der Waals surface area (Å²) in [5, 5.41) is 0. The van der Waals surface area contributed by atoms with Gasteiger partial charge in [0.2, 0.25) is 0 Å². The fraction of sp³-hybridized carbons (Fsp3) is 1.00. The molecule has 2 aliphatic heterocycles. The second-order valence-corrected chi connectivity index (χ2v) is 6.73. The van der Waals surface area contributed by atoms with Crippen molar-refractivity contribution in [1.29, 1.82) is 0 Å². The molecule has 0 amide bonds. The van der Waals surface area contributed by atoms with Gasteiger partial charge in [0.15, 0.2) is 0 Å². The van der Waals surface area contributed by atoms with Crippen molar-refractivity contribution in [1.82, 2.24) is 4.90 Å². The highest BCUT2D eigenvalue weighted by molar-refractivity contribution is 4.94. The van der Waals surface area contributed by atoms with E-state index in [1.807, 2.05) is 0 Å². The standard InChI is InChI=1S/C15H28N2O/c16-10-15(7-3-9-18-12-15)11-17-8-2-5-13-4-1-6-14(13)17/h13-14H,1-12,16H2. The van der Waals surface area contributed by atoms with Crippen LogP contribution in [-0.2, 0) is 4.74 Å². The van der Waals surface area contributed by atoms with Crippen molar-refractivity contribution in [3.63, 3.8) is 0 Å². The van der Waals surface area contributed by atoms with E-state index in [-0.39, 0.29) is 5.41 Å². The summed E-state index contributed by atoms with van der Waals surface area (Å²) in [6.07, 6.45) is 9.64. The zero-order valence-corrected chi connectivity index (χ0v) is 11.6. The zero-order chi connectivity index (χ0) is 12.4. The maximum Gasteiger partial charge on any atom is 0.0546 e. The Bertz CT molecular complexity index is 276. The van der Waals surface area contributed by atoms with Crippen LogP contribution in [0.3, 0.4) is 0 Å². The molecule has 2 saturated heterocycles. The van der Waals surface area contributed by atoms with Gasteiger partial charge in [-0.2, -0.15) is 0 Å². The molecule has 3 unspecified atom stereocenters. The number of nitrogens with two attached hydrogens (primary N) is 1. The largest absolute Gasteiger partial charge is 0.381 e. The van der Waals surface area contributed by atoms with E-state index < -0.39 is 0 Å². The average Bonchev–Trinajstić information content (AvgIpc) is 2.89. The highest BCUT2D eigenvalue weighted by atomic mass is 16.5. The fourth-order valence-electron chi connectivity index (χ4n) is 4.44. The first-order valence-corrected chi connectivity index (χ1v) is 7.85. The molecule has 3 heteroatoms. The Balaban J connectivity index is 1.66. The maximum absolute atomic E-state index is 6.09. The number of fused-ring (bicyclic) bond motifs is 1. The Kier molecular flexibility index (Phi) is 3.92. The molecule has 3 nitrogen and oxygen atoms in total. The first-order chi connectivity index (χ1) is 8.83. The minimum atomic E-state index is 0.253.